The second kappa shape index (κ2) is 12.3. The first-order valence-corrected chi connectivity index (χ1v) is 13.0. The van der Waals surface area contributed by atoms with Crippen LogP contribution in [0.5, 0.6) is 11.5 Å². The molecule has 2 heterocycles. The maximum absolute atomic E-state index is 13.5. The van der Waals surface area contributed by atoms with E-state index in [4.69, 9.17) is 14.2 Å². The van der Waals surface area contributed by atoms with Crippen LogP contribution < -0.4 is 9.47 Å². The molecule has 0 aromatic heterocycles. The molecular weight excluding hydrogens is 456 g/mol. The van der Waals surface area contributed by atoms with E-state index in [0.29, 0.717) is 24.4 Å². The van der Waals surface area contributed by atoms with Gasteiger partial charge in [-0.3, -0.25) is 9.59 Å². The molecule has 0 N–H and O–H groups in total. The van der Waals surface area contributed by atoms with Crippen LogP contribution >= 0.6 is 0 Å². The van der Waals surface area contributed by atoms with Crippen LogP contribution in [0.1, 0.15) is 61.9 Å². The highest BCUT2D eigenvalue weighted by molar-refractivity contribution is 5.94. The third-order valence-corrected chi connectivity index (χ3v) is 7.23. The van der Waals surface area contributed by atoms with Gasteiger partial charge in [0, 0.05) is 42.9 Å². The maximum Gasteiger partial charge on any atom is 0.260 e. The fourth-order valence-electron chi connectivity index (χ4n) is 5.30. The number of methoxy groups -OCH3 is 1. The van der Waals surface area contributed by atoms with Crippen molar-refractivity contribution in [2.24, 2.45) is 0 Å². The Morgan fingerprint density at radius 1 is 1.00 bits per heavy atom. The van der Waals surface area contributed by atoms with E-state index in [1.54, 1.807) is 31.4 Å². The van der Waals surface area contributed by atoms with Crippen LogP contribution in [0.15, 0.2) is 48.5 Å². The zero-order valence-corrected chi connectivity index (χ0v) is 21.7. The molecule has 2 fully saturated rings. The number of para-hydroxylation sites is 1. The van der Waals surface area contributed by atoms with E-state index in [0.717, 1.165) is 50.0 Å². The minimum Gasteiger partial charge on any atom is -0.496 e. The second-order valence-corrected chi connectivity index (χ2v) is 9.88. The third-order valence-electron chi connectivity index (χ3n) is 7.23. The normalized spacial score (nSPS) is 21.8. The van der Waals surface area contributed by atoms with Crippen molar-refractivity contribution in [3.05, 3.63) is 59.7 Å². The lowest BCUT2D eigenvalue weighted by molar-refractivity contribution is -0.139. The molecule has 7 nitrogen and oxygen atoms in total. The number of carbonyl (C=O) groups excluding carboxylic acids is 2. The number of nitrogens with zero attached hydrogens (tertiary/aromatic N) is 2. The van der Waals surface area contributed by atoms with Gasteiger partial charge in [-0.2, -0.15) is 0 Å². The van der Waals surface area contributed by atoms with Gasteiger partial charge in [0.05, 0.1) is 13.2 Å². The van der Waals surface area contributed by atoms with Crippen LogP contribution in [-0.2, 0) is 16.1 Å². The molecule has 0 aliphatic carbocycles. The van der Waals surface area contributed by atoms with Gasteiger partial charge in [-0.25, -0.2) is 0 Å². The van der Waals surface area contributed by atoms with E-state index in [-0.39, 0.29) is 36.6 Å². The Balaban J connectivity index is 1.41. The van der Waals surface area contributed by atoms with E-state index in [9.17, 15) is 9.59 Å². The number of benzene rings is 2. The van der Waals surface area contributed by atoms with Gasteiger partial charge < -0.3 is 24.0 Å². The molecule has 0 saturated carbocycles. The molecule has 0 radical (unpaired) electrons. The third kappa shape index (κ3) is 6.38. The van der Waals surface area contributed by atoms with Crippen molar-refractivity contribution in [1.82, 2.24) is 9.80 Å². The Bertz CT molecular complexity index is 1010. The number of amides is 2. The number of rotatable bonds is 9. The molecule has 0 spiro atoms. The summed E-state index contributed by atoms with van der Waals surface area (Å²) in [5.41, 5.74) is 1.52. The molecule has 194 valence electrons. The van der Waals surface area contributed by atoms with Crippen molar-refractivity contribution < 1.29 is 23.8 Å². The van der Waals surface area contributed by atoms with Gasteiger partial charge in [0.2, 0.25) is 0 Å². The van der Waals surface area contributed by atoms with E-state index < -0.39 is 0 Å². The summed E-state index contributed by atoms with van der Waals surface area (Å²) < 4.78 is 17.1. The first-order valence-electron chi connectivity index (χ1n) is 13.0. The molecule has 2 aromatic rings. The van der Waals surface area contributed by atoms with Crippen molar-refractivity contribution in [2.45, 2.75) is 70.7 Å². The van der Waals surface area contributed by atoms with Gasteiger partial charge in [0.15, 0.2) is 6.61 Å². The Kier molecular flexibility index (Phi) is 8.86. The number of likely N-dealkylation sites (tertiary alicyclic amines) is 1. The molecule has 3 unspecified atom stereocenters. The number of hydrogen-bond donors (Lipinski definition) is 0. The van der Waals surface area contributed by atoms with Gasteiger partial charge in [0.1, 0.15) is 11.5 Å². The fraction of sp³-hybridized carbons (Fsp3) is 0.517. The van der Waals surface area contributed by atoms with Gasteiger partial charge in [0.25, 0.3) is 11.8 Å². The molecule has 3 atom stereocenters. The summed E-state index contributed by atoms with van der Waals surface area (Å²) in [6, 6.07) is 15.3. The Morgan fingerprint density at radius 3 is 2.39 bits per heavy atom. The summed E-state index contributed by atoms with van der Waals surface area (Å²) >= 11 is 0. The molecule has 2 amide bonds. The van der Waals surface area contributed by atoms with Crippen LogP contribution in [0, 0.1) is 0 Å². The van der Waals surface area contributed by atoms with E-state index >= 15 is 0 Å². The van der Waals surface area contributed by atoms with Crippen molar-refractivity contribution in [1.29, 1.82) is 0 Å². The average molecular weight is 495 g/mol. The second-order valence-electron chi connectivity index (χ2n) is 9.88. The zero-order valence-electron chi connectivity index (χ0n) is 21.7. The predicted octanol–water partition coefficient (Wildman–Crippen LogP) is 4.68. The number of hydrogen-bond acceptors (Lipinski definition) is 5. The van der Waals surface area contributed by atoms with Crippen molar-refractivity contribution in [3.63, 3.8) is 0 Å². The number of carbonyl (C=O) groups is 2. The molecule has 2 aliphatic heterocycles. The van der Waals surface area contributed by atoms with Crippen LogP contribution in [0.3, 0.4) is 0 Å². The summed E-state index contributed by atoms with van der Waals surface area (Å²) in [5, 5.41) is 0. The fourth-order valence-corrected chi connectivity index (χ4v) is 5.30. The van der Waals surface area contributed by atoms with E-state index in [2.05, 4.69) is 13.8 Å². The minimum atomic E-state index is -0.0741. The van der Waals surface area contributed by atoms with Crippen LogP contribution in [0.4, 0.5) is 0 Å². The quantitative estimate of drug-likeness (QED) is 0.506. The summed E-state index contributed by atoms with van der Waals surface area (Å²) in [6.45, 7) is 5.89. The number of piperidine rings is 1. The van der Waals surface area contributed by atoms with Gasteiger partial charge in [-0.05, 0) is 76.3 Å². The standard InChI is InChI=1S/C29H38N2O5/c1-21-8-6-9-22(2)31(21)28(32)20-36-25-15-13-23(14-16-25)29(33)30(19-26-11-7-17-35-26)18-24-10-4-5-12-27(24)34-3/h4-5,10,12-16,21-22,26H,6-9,11,17-20H2,1-3H3. The minimum absolute atomic E-state index is 0.000911. The Morgan fingerprint density at radius 2 is 1.72 bits per heavy atom. The summed E-state index contributed by atoms with van der Waals surface area (Å²) in [7, 11) is 1.64. The largest absolute Gasteiger partial charge is 0.496 e. The topological polar surface area (TPSA) is 68.3 Å². The first kappa shape index (κ1) is 26.0. The molecule has 7 heteroatoms. The summed E-state index contributed by atoms with van der Waals surface area (Å²) in [5.74, 6) is 1.27. The highest BCUT2D eigenvalue weighted by Gasteiger charge is 2.29. The van der Waals surface area contributed by atoms with Crippen LogP contribution in [0.25, 0.3) is 0 Å². The van der Waals surface area contributed by atoms with Crippen LogP contribution in [0.2, 0.25) is 0 Å². The molecule has 2 aromatic carbocycles. The van der Waals surface area contributed by atoms with Gasteiger partial charge >= 0.3 is 0 Å². The zero-order chi connectivity index (χ0) is 25.5. The van der Waals surface area contributed by atoms with Crippen LogP contribution in [-0.4, -0.2) is 66.7 Å². The van der Waals surface area contributed by atoms with Crippen molar-refractivity contribution in [3.8, 4) is 11.5 Å². The molecule has 2 aliphatic rings. The number of ether oxygens (including phenoxy) is 3. The lowest BCUT2D eigenvalue weighted by atomic mass is 9.97. The lowest BCUT2D eigenvalue weighted by Gasteiger charge is -2.38. The first-order chi connectivity index (χ1) is 17.5. The lowest BCUT2D eigenvalue weighted by Crippen LogP contribution is -2.49. The average Bonchev–Trinajstić information content (AvgIpc) is 3.40. The van der Waals surface area contributed by atoms with Crippen molar-refractivity contribution in [2.75, 3.05) is 26.9 Å². The molecule has 0 bridgehead atoms. The van der Waals surface area contributed by atoms with Gasteiger partial charge in [-0.15, -0.1) is 0 Å². The molecule has 4 rings (SSSR count). The smallest absolute Gasteiger partial charge is 0.260 e. The molecule has 2 saturated heterocycles. The monoisotopic (exact) mass is 494 g/mol. The Labute approximate surface area is 214 Å². The van der Waals surface area contributed by atoms with Crippen molar-refractivity contribution >= 4 is 11.8 Å². The van der Waals surface area contributed by atoms with Gasteiger partial charge in [-0.1, -0.05) is 18.2 Å². The SMILES string of the molecule is COc1ccccc1CN(CC1CCCO1)C(=O)c1ccc(OCC(=O)N2C(C)CCCC2C)cc1. The molecular formula is C29H38N2O5. The van der Waals surface area contributed by atoms with E-state index in [1.807, 2.05) is 34.1 Å². The Hall–Kier alpha value is -3.06. The predicted molar refractivity (Wildman–Crippen MR) is 138 cm³/mol. The summed E-state index contributed by atoms with van der Waals surface area (Å²) in [4.78, 5) is 30.1. The summed E-state index contributed by atoms with van der Waals surface area (Å²) in [6.07, 6.45) is 5.22. The highest BCUT2D eigenvalue weighted by atomic mass is 16.5. The maximum atomic E-state index is 13.5. The van der Waals surface area contributed by atoms with E-state index in [1.165, 1.54) is 0 Å². The molecule has 36 heavy (non-hydrogen) atoms. The highest BCUT2D eigenvalue weighted by Crippen LogP contribution is 2.25.